The van der Waals surface area contributed by atoms with Crippen molar-refractivity contribution in [2.24, 2.45) is 0 Å². The molecule has 3 nitrogen and oxygen atoms in total. The average Bonchev–Trinajstić information content (AvgIpc) is 2.47. The van der Waals surface area contributed by atoms with Gasteiger partial charge in [0, 0.05) is 10.0 Å². The summed E-state index contributed by atoms with van der Waals surface area (Å²) in [5.41, 5.74) is 1.57. The Morgan fingerprint density at radius 1 is 1.00 bits per heavy atom. The fourth-order valence-corrected chi connectivity index (χ4v) is 2.43. The van der Waals surface area contributed by atoms with Gasteiger partial charge in [-0.3, -0.25) is 0 Å². The fourth-order valence-electron chi connectivity index (χ4n) is 1.89. The SMILES string of the molecule is COc1cc(Br)c([C@@H](O)c2ccccc2)cc1OC. The zero-order valence-corrected chi connectivity index (χ0v) is 12.3. The minimum Gasteiger partial charge on any atom is -0.493 e. The predicted octanol–water partition coefficient (Wildman–Crippen LogP) is 3.55. The van der Waals surface area contributed by atoms with Crippen molar-refractivity contribution >= 4 is 15.9 Å². The van der Waals surface area contributed by atoms with Gasteiger partial charge in [-0.15, -0.1) is 0 Å². The first-order chi connectivity index (χ1) is 9.17. The summed E-state index contributed by atoms with van der Waals surface area (Å²) in [6.45, 7) is 0. The van der Waals surface area contributed by atoms with Gasteiger partial charge >= 0.3 is 0 Å². The van der Waals surface area contributed by atoms with Crippen LogP contribution in [0.15, 0.2) is 46.9 Å². The Labute approximate surface area is 120 Å². The van der Waals surface area contributed by atoms with Crippen LogP contribution in [0.3, 0.4) is 0 Å². The Kier molecular flexibility index (Phi) is 4.45. The highest BCUT2D eigenvalue weighted by Gasteiger charge is 2.17. The number of hydrogen-bond acceptors (Lipinski definition) is 3. The van der Waals surface area contributed by atoms with Crippen LogP contribution in [0.2, 0.25) is 0 Å². The van der Waals surface area contributed by atoms with Crippen LogP contribution >= 0.6 is 15.9 Å². The van der Waals surface area contributed by atoms with Gasteiger partial charge in [0.2, 0.25) is 0 Å². The second-order valence-electron chi connectivity index (χ2n) is 4.04. The van der Waals surface area contributed by atoms with Crippen LogP contribution < -0.4 is 9.47 Å². The highest BCUT2D eigenvalue weighted by molar-refractivity contribution is 9.10. The topological polar surface area (TPSA) is 38.7 Å². The normalized spacial score (nSPS) is 12.0. The first-order valence-electron chi connectivity index (χ1n) is 5.81. The van der Waals surface area contributed by atoms with Gasteiger partial charge in [0.1, 0.15) is 6.10 Å². The largest absolute Gasteiger partial charge is 0.493 e. The standard InChI is InChI=1S/C15H15BrO3/c1-18-13-8-11(12(16)9-14(13)19-2)15(17)10-6-4-3-5-7-10/h3-9,15,17H,1-2H3/t15-/m0/s1. The number of hydrogen-bond donors (Lipinski definition) is 1. The zero-order chi connectivity index (χ0) is 13.8. The molecule has 19 heavy (non-hydrogen) atoms. The van der Waals surface area contributed by atoms with Crippen molar-refractivity contribution in [3.63, 3.8) is 0 Å². The van der Waals surface area contributed by atoms with Gasteiger partial charge in [0.05, 0.1) is 14.2 Å². The molecule has 2 aromatic rings. The number of aliphatic hydroxyl groups is 1. The summed E-state index contributed by atoms with van der Waals surface area (Å²) in [5, 5.41) is 10.4. The number of ether oxygens (including phenoxy) is 2. The van der Waals surface area contributed by atoms with Crippen molar-refractivity contribution in [3.05, 3.63) is 58.1 Å². The van der Waals surface area contributed by atoms with E-state index in [0.29, 0.717) is 11.5 Å². The summed E-state index contributed by atoms with van der Waals surface area (Å²) in [5.74, 6) is 1.22. The lowest BCUT2D eigenvalue weighted by molar-refractivity contribution is 0.218. The van der Waals surface area contributed by atoms with Crippen molar-refractivity contribution in [2.75, 3.05) is 14.2 Å². The maximum Gasteiger partial charge on any atom is 0.161 e. The van der Waals surface area contributed by atoms with Crippen molar-refractivity contribution in [3.8, 4) is 11.5 Å². The van der Waals surface area contributed by atoms with Crippen LogP contribution in [-0.2, 0) is 0 Å². The molecule has 0 fully saturated rings. The second kappa shape index (κ2) is 6.08. The van der Waals surface area contributed by atoms with Crippen LogP contribution in [0.4, 0.5) is 0 Å². The molecule has 0 aromatic heterocycles. The van der Waals surface area contributed by atoms with E-state index in [1.165, 1.54) is 0 Å². The van der Waals surface area contributed by atoms with E-state index in [-0.39, 0.29) is 0 Å². The summed E-state index contributed by atoms with van der Waals surface area (Å²) in [7, 11) is 3.15. The molecule has 2 rings (SSSR count). The molecule has 0 unspecified atom stereocenters. The van der Waals surface area contributed by atoms with E-state index in [2.05, 4.69) is 15.9 Å². The highest BCUT2D eigenvalue weighted by Crippen LogP contribution is 2.37. The lowest BCUT2D eigenvalue weighted by Gasteiger charge is -2.16. The molecular formula is C15H15BrO3. The molecule has 0 saturated carbocycles. The van der Waals surface area contributed by atoms with Gasteiger partial charge < -0.3 is 14.6 Å². The van der Waals surface area contributed by atoms with Gasteiger partial charge in [0.15, 0.2) is 11.5 Å². The number of methoxy groups -OCH3 is 2. The van der Waals surface area contributed by atoms with E-state index in [0.717, 1.165) is 15.6 Å². The Morgan fingerprint density at radius 3 is 2.16 bits per heavy atom. The van der Waals surface area contributed by atoms with Crippen molar-refractivity contribution in [1.82, 2.24) is 0 Å². The average molecular weight is 323 g/mol. The van der Waals surface area contributed by atoms with E-state index >= 15 is 0 Å². The summed E-state index contributed by atoms with van der Waals surface area (Å²) in [6.07, 6.45) is -0.713. The molecule has 0 bridgehead atoms. The molecule has 0 spiro atoms. The maximum atomic E-state index is 10.4. The summed E-state index contributed by atoms with van der Waals surface area (Å²) < 4.78 is 11.3. The van der Waals surface area contributed by atoms with Crippen LogP contribution in [0, 0.1) is 0 Å². The van der Waals surface area contributed by atoms with E-state index in [9.17, 15) is 5.11 Å². The summed E-state index contributed by atoms with van der Waals surface area (Å²) in [4.78, 5) is 0. The third-order valence-corrected chi connectivity index (χ3v) is 3.60. The summed E-state index contributed by atoms with van der Waals surface area (Å²) in [6, 6.07) is 13.0. The van der Waals surface area contributed by atoms with Gasteiger partial charge in [-0.05, 0) is 17.7 Å². The summed E-state index contributed by atoms with van der Waals surface area (Å²) >= 11 is 3.45. The fraction of sp³-hybridized carbons (Fsp3) is 0.200. The first kappa shape index (κ1) is 13.9. The lowest BCUT2D eigenvalue weighted by atomic mass is 10.0. The second-order valence-corrected chi connectivity index (χ2v) is 4.90. The first-order valence-corrected chi connectivity index (χ1v) is 6.61. The smallest absolute Gasteiger partial charge is 0.161 e. The van der Waals surface area contributed by atoms with Crippen LogP contribution in [0.1, 0.15) is 17.2 Å². The molecule has 0 heterocycles. The molecule has 4 heteroatoms. The molecule has 0 aliphatic heterocycles. The maximum absolute atomic E-state index is 10.4. The van der Waals surface area contributed by atoms with Crippen molar-refractivity contribution in [2.45, 2.75) is 6.10 Å². The van der Waals surface area contributed by atoms with Gasteiger partial charge in [-0.1, -0.05) is 46.3 Å². The van der Waals surface area contributed by atoms with Crippen molar-refractivity contribution in [1.29, 1.82) is 0 Å². The molecule has 100 valence electrons. The van der Waals surface area contributed by atoms with Crippen molar-refractivity contribution < 1.29 is 14.6 Å². The number of rotatable bonds is 4. The van der Waals surface area contributed by atoms with Crippen LogP contribution in [0.5, 0.6) is 11.5 Å². The molecule has 0 amide bonds. The molecule has 0 saturated heterocycles. The molecule has 0 aliphatic carbocycles. The monoisotopic (exact) mass is 322 g/mol. The molecule has 2 aromatic carbocycles. The van der Waals surface area contributed by atoms with Gasteiger partial charge in [0.25, 0.3) is 0 Å². The van der Waals surface area contributed by atoms with Gasteiger partial charge in [-0.25, -0.2) is 0 Å². The molecule has 0 radical (unpaired) electrons. The Bertz CT molecular complexity index is 555. The molecule has 1 N–H and O–H groups in total. The van der Waals surface area contributed by atoms with Gasteiger partial charge in [-0.2, -0.15) is 0 Å². The Balaban J connectivity index is 2.45. The zero-order valence-electron chi connectivity index (χ0n) is 10.8. The minimum absolute atomic E-state index is 0.593. The predicted molar refractivity (Wildman–Crippen MR) is 77.7 cm³/mol. The van der Waals surface area contributed by atoms with E-state index in [1.54, 1.807) is 26.4 Å². The van der Waals surface area contributed by atoms with Crippen LogP contribution in [0.25, 0.3) is 0 Å². The molecule has 1 atom stereocenters. The Hall–Kier alpha value is -1.52. The van der Waals surface area contributed by atoms with E-state index in [4.69, 9.17) is 9.47 Å². The van der Waals surface area contributed by atoms with E-state index in [1.807, 2.05) is 30.3 Å². The lowest BCUT2D eigenvalue weighted by Crippen LogP contribution is -2.02. The number of benzene rings is 2. The number of aliphatic hydroxyl groups excluding tert-OH is 1. The highest BCUT2D eigenvalue weighted by atomic mass is 79.9. The number of halogens is 1. The minimum atomic E-state index is -0.713. The Morgan fingerprint density at radius 2 is 1.58 bits per heavy atom. The quantitative estimate of drug-likeness (QED) is 0.935. The third-order valence-electron chi connectivity index (χ3n) is 2.91. The third kappa shape index (κ3) is 2.91. The van der Waals surface area contributed by atoms with Crippen LogP contribution in [-0.4, -0.2) is 19.3 Å². The molecular weight excluding hydrogens is 308 g/mol. The molecule has 0 aliphatic rings. The van der Waals surface area contributed by atoms with E-state index < -0.39 is 6.10 Å².